The van der Waals surface area contributed by atoms with Crippen LogP contribution in [0.25, 0.3) is 11.5 Å². The molecule has 0 spiro atoms. The molecule has 2 aromatic heterocycles. The molecule has 1 aromatic carbocycles. The Morgan fingerprint density at radius 3 is 2.90 bits per heavy atom. The molecule has 2 amide bonds. The minimum absolute atomic E-state index is 0.0127. The van der Waals surface area contributed by atoms with E-state index in [0.29, 0.717) is 24.9 Å². The van der Waals surface area contributed by atoms with Gasteiger partial charge in [0, 0.05) is 37.1 Å². The van der Waals surface area contributed by atoms with E-state index >= 15 is 0 Å². The molecular formula is C22H21N5O3. The molecule has 1 N–H and O–H groups in total. The summed E-state index contributed by atoms with van der Waals surface area (Å²) in [6.45, 7) is 3.03. The number of para-hydroxylation sites is 1. The van der Waals surface area contributed by atoms with Crippen molar-refractivity contribution in [3.63, 3.8) is 0 Å². The van der Waals surface area contributed by atoms with Crippen LogP contribution in [0.5, 0.6) is 0 Å². The zero-order chi connectivity index (χ0) is 20.7. The van der Waals surface area contributed by atoms with Gasteiger partial charge in [-0.15, -0.1) is 10.2 Å². The maximum absolute atomic E-state index is 13.2. The third-order valence-electron chi connectivity index (χ3n) is 5.75. The average molecular weight is 403 g/mol. The molecule has 30 heavy (non-hydrogen) atoms. The van der Waals surface area contributed by atoms with Crippen LogP contribution in [0.3, 0.4) is 0 Å². The van der Waals surface area contributed by atoms with Crippen molar-refractivity contribution in [3.05, 3.63) is 59.7 Å². The highest BCUT2D eigenvalue weighted by atomic mass is 16.4. The second-order valence-electron chi connectivity index (χ2n) is 7.80. The number of carbonyl (C=O) groups excluding carboxylic acids is 2. The third kappa shape index (κ3) is 3.34. The molecule has 0 saturated carbocycles. The van der Waals surface area contributed by atoms with Gasteiger partial charge in [0.2, 0.25) is 23.6 Å². The number of fused-ring (bicyclic) bond motifs is 1. The van der Waals surface area contributed by atoms with E-state index in [0.717, 1.165) is 28.9 Å². The minimum Gasteiger partial charge on any atom is -0.420 e. The Bertz CT molecular complexity index is 1110. The number of hydrogen-bond donors (Lipinski definition) is 1. The van der Waals surface area contributed by atoms with Gasteiger partial charge >= 0.3 is 0 Å². The molecule has 1 fully saturated rings. The molecule has 0 bridgehead atoms. The number of anilines is 1. The van der Waals surface area contributed by atoms with Gasteiger partial charge in [-0.05, 0) is 37.1 Å². The molecule has 4 heterocycles. The van der Waals surface area contributed by atoms with Crippen molar-refractivity contribution in [2.75, 3.05) is 18.4 Å². The molecule has 1 saturated heterocycles. The highest BCUT2D eigenvalue weighted by Crippen LogP contribution is 2.36. The lowest BCUT2D eigenvalue weighted by Gasteiger charge is -2.28. The predicted molar refractivity (Wildman–Crippen MR) is 109 cm³/mol. The molecular weight excluding hydrogens is 382 g/mol. The van der Waals surface area contributed by atoms with Crippen LogP contribution in [-0.2, 0) is 9.59 Å². The highest BCUT2D eigenvalue weighted by Gasteiger charge is 2.37. The number of hydrogen-bond acceptors (Lipinski definition) is 6. The smallest absolute Gasteiger partial charge is 0.249 e. The Hall–Kier alpha value is -3.55. The first-order valence-corrected chi connectivity index (χ1v) is 10.0. The van der Waals surface area contributed by atoms with Crippen LogP contribution < -0.4 is 5.32 Å². The summed E-state index contributed by atoms with van der Waals surface area (Å²) >= 11 is 0. The van der Waals surface area contributed by atoms with Crippen molar-refractivity contribution in [3.8, 4) is 11.5 Å². The molecule has 3 aromatic rings. The van der Waals surface area contributed by atoms with E-state index in [-0.39, 0.29) is 24.2 Å². The van der Waals surface area contributed by atoms with Gasteiger partial charge in [0.15, 0.2) is 0 Å². The Morgan fingerprint density at radius 2 is 2.07 bits per heavy atom. The van der Waals surface area contributed by atoms with E-state index in [1.807, 2.05) is 48.2 Å². The van der Waals surface area contributed by atoms with Gasteiger partial charge in [-0.3, -0.25) is 14.6 Å². The second kappa shape index (κ2) is 7.37. The van der Waals surface area contributed by atoms with E-state index in [2.05, 4.69) is 20.5 Å². The molecule has 2 unspecified atom stereocenters. The van der Waals surface area contributed by atoms with Crippen LogP contribution in [-0.4, -0.2) is 45.0 Å². The molecule has 2 aliphatic rings. The number of likely N-dealkylation sites (tertiary alicyclic amines) is 1. The summed E-state index contributed by atoms with van der Waals surface area (Å²) in [5.74, 6) is 0.341. The number of amides is 2. The molecule has 152 valence electrons. The molecule has 2 atom stereocenters. The molecule has 0 radical (unpaired) electrons. The van der Waals surface area contributed by atoms with E-state index in [4.69, 9.17) is 4.42 Å². The van der Waals surface area contributed by atoms with Gasteiger partial charge in [0.25, 0.3) is 0 Å². The first kappa shape index (κ1) is 18.5. The van der Waals surface area contributed by atoms with Crippen LogP contribution in [0.2, 0.25) is 0 Å². The fourth-order valence-corrected chi connectivity index (χ4v) is 4.12. The lowest BCUT2D eigenvalue weighted by Crippen LogP contribution is -2.37. The van der Waals surface area contributed by atoms with Crippen molar-refractivity contribution in [2.24, 2.45) is 0 Å². The van der Waals surface area contributed by atoms with E-state index in [1.54, 1.807) is 6.20 Å². The first-order valence-electron chi connectivity index (χ1n) is 10.0. The number of rotatable bonds is 3. The number of pyridine rings is 1. The third-order valence-corrected chi connectivity index (χ3v) is 5.75. The second-order valence-corrected chi connectivity index (χ2v) is 7.80. The lowest BCUT2D eigenvalue weighted by molar-refractivity contribution is -0.134. The van der Waals surface area contributed by atoms with Gasteiger partial charge in [-0.2, -0.15) is 0 Å². The number of carbonyl (C=O) groups is 2. The van der Waals surface area contributed by atoms with Crippen molar-refractivity contribution < 1.29 is 14.0 Å². The summed E-state index contributed by atoms with van der Waals surface area (Å²) in [6.07, 6.45) is 2.63. The van der Waals surface area contributed by atoms with Gasteiger partial charge in [-0.25, -0.2) is 0 Å². The predicted octanol–water partition coefficient (Wildman–Crippen LogP) is 2.88. The summed E-state index contributed by atoms with van der Waals surface area (Å²) in [7, 11) is 0. The zero-order valence-corrected chi connectivity index (χ0v) is 16.5. The van der Waals surface area contributed by atoms with Gasteiger partial charge in [0.05, 0.1) is 17.4 Å². The molecule has 8 heteroatoms. The van der Waals surface area contributed by atoms with Crippen molar-refractivity contribution >= 4 is 17.5 Å². The summed E-state index contributed by atoms with van der Waals surface area (Å²) in [4.78, 5) is 31.4. The molecule has 0 aliphatic carbocycles. The van der Waals surface area contributed by atoms with E-state index in [9.17, 15) is 9.59 Å². The van der Waals surface area contributed by atoms with Crippen LogP contribution in [0.4, 0.5) is 5.69 Å². The minimum atomic E-state index is -0.453. The van der Waals surface area contributed by atoms with Crippen LogP contribution >= 0.6 is 0 Å². The zero-order valence-electron chi connectivity index (χ0n) is 16.5. The Morgan fingerprint density at radius 1 is 1.20 bits per heavy atom. The standard InChI is InChI=1S/C22H21N5O3/c1-13-6-7-14(11-23-13)20-25-26-21(30-20)15-8-9-27(12-15)22(29)17-10-19(28)24-18-5-3-2-4-16(17)18/h2-7,11,15,17H,8-10,12H2,1H3,(H,24,28). The molecule has 5 rings (SSSR count). The summed E-state index contributed by atoms with van der Waals surface area (Å²) in [6, 6.07) is 11.3. The molecule has 2 aliphatic heterocycles. The number of aromatic nitrogens is 3. The summed E-state index contributed by atoms with van der Waals surface area (Å²) < 4.78 is 5.88. The lowest BCUT2D eigenvalue weighted by atomic mass is 9.89. The van der Waals surface area contributed by atoms with Gasteiger partial charge < -0.3 is 14.6 Å². The van der Waals surface area contributed by atoms with Gasteiger partial charge in [0.1, 0.15) is 0 Å². The Balaban J connectivity index is 1.31. The first-order chi connectivity index (χ1) is 14.6. The molecule has 8 nitrogen and oxygen atoms in total. The number of nitrogens with zero attached hydrogens (tertiary/aromatic N) is 4. The summed E-state index contributed by atoms with van der Waals surface area (Å²) in [5.41, 5.74) is 3.28. The SMILES string of the molecule is Cc1ccc(-c2nnc(C3CCN(C(=O)C4CC(=O)Nc5ccccc54)C3)o2)cn1. The van der Waals surface area contributed by atoms with Crippen molar-refractivity contribution in [1.82, 2.24) is 20.1 Å². The van der Waals surface area contributed by atoms with E-state index < -0.39 is 5.92 Å². The van der Waals surface area contributed by atoms with Gasteiger partial charge in [-0.1, -0.05) is 18.2 Å². The normalized spacial score (nSPS) is 20.7. The van der Waals surface area contributed by atoms with Crippen LogP contribution in [0.15, 0.2) is 47.0 Å². The van der Waals surface area contributed by atoms with E-state index in [1.165, 1.54) is 0 Å². The largest absolute Gasteiger partial charge is 0.420 e. The monoisotopic (exact) mass is 403 g/mol. The summed E-state index contributed by atoms with van der Waals surface area (Å²) in [5, 5.41) is 11.2. The Kier molecular flexibility index (Phi) is 4.54. The average Bonchev–Trinajstić information content (AvgIpc) is 3.43. The quantitative estimate of drug-likeness (QED) is 0.722. The topological polar surface area (TPSA) is 101 Å². The Labute approximate surface area is 173 Å². The highest BCUT2D eigenvalue weighted by molar-refractivity contribution is 6.01. The van der Waals surface area contributed by atoms with Crippen molar-refractivity contribution in [2.45, 2.75) is 31.6 Å². The number of aryl methyl sites for hydroxylation is 1. The number of nitrogens with one attached hydrogen (secondary N) is 1. The fourth-order valence-electron chi connectivity index (χ4n) is 4.12. The van der Waals surface area contributed by atoms with Crippen LogP contribution in [0.1, 0.15) is 41.8 Å². The maximum Gasteiger partial charge on any atom is 0.249 e. The fraction of sp³-hybridized carbons (Fsp3) is 0.318. The van der Waals surface area contributed by atoms with Crippen molar-refractivity contribution in [1.29, 1.82) is 0 Å². The van der Waals surface area contributed by atoms with Crippen LogP contribution in [0, 0.1) is 6.92 Å². The number of benzene rings is 1. The maximum atomic E-state index is 13.2.